The minimum atomic E-state index is -1.41. The van der Waals surface area contributed by atoms with Gasteiger partial charge in [-0.05, 0) is 48.6 Å². The zero-order valence-corrected chi connectivity index (χ0v) is 23.5. The molecule has 2 amide bonds. The van der Waals surface area contributed by atoms with E-state index in [2.05, 4.69) is 23.2 Å². The van der Waals surface area contributed by atoms with Gasteiger partial charge in [0.15, 0.2) is 5.78 Å². The average molecular weight is 558 g/mol. The summed E-state index contributed by atoms with van der Waals surface area (Å²) >= 11 is 1.76. The largest absolute Gasteiger partial charge is 0.379 e. The highest BCUT2D eigenvalue weighted by molar-refractivity contribution is 7.15. The van der Waals surface area contributed by atoms with Crippen LogP contribution < -0.4 is 5.32 Å². The molecular formula is C29H36FN3O5S. The van der Waals surface area contributed by atoms with Crippen molar-refractivity contribution >= 4 is 28.9 Å². The van der Waals surface area contributed by atoms with Gasteiger partial charge >= 0.3 is 0 Å². The molecule has 210 valence electrons. The van der Waals surface area contributed by atoms with Gasteiger partial charge in [-0.3, -0.25) is 19.3 Å². The summed E-state index contributed by atoms with van der Waals surface area (Å²) < 4.78 is 25.2. The van der Waals surface area contributed by atoms with Crippen LogP contribution in [-0.2, 0) is 25.6 Å². The van der Waals surface area contributed by atoms with Crippen molar-refractivity contribution in [1.29, 1.82) is 0 Å². The Balaban J connectivity index is 1.26. The van der Waals surface area contributed by atoms with Crippen molar-refractivity contribution in [3.63, 3.8) is 0 Å². The SMILES string of the molecule is Cc1cc(CN2CCOCC2)sc1-c1ccc(C(=O)N[C@@H](CC(C)C)C(=O)N2C[C@H](F)[C@H]3OCC(=O)[C@H]32)cc1. The number of nitrogens with zero attached hydrogens (tertiary/aromatic N) is 2. The molecule has 2 aromatic rings. The third-order valence-corrected chi connectivity index (χ3v) is 8.85. The second kappa shape index (κ2) is 11.8. The lowest BCUT2D eigenvalue weighted by molar-refractivity contribution is -0.138. The number of Topliss-reactive ketones (excluding diaryl/α,β-unsaturated/α-hetero) is 1. The number of ether oxygens (including phenoxy) is 2. The molecule has 8 nitrogen and oxygen atoms in total. The molecule has 5 rings (SSSR count). The molecule has 1 aromatic heterocycles. The monoisotopic (exact) mass is 557 g/mol. The van der Waals surface area contributed by atoms with Crippen LogP contribution in [0.25, 0.3) is 10.4 Å². The number of hydrogen-bond donors (Lipinski definition) is 1. The van der Waals surface area contributed by atoms with Crippen LogP contribution in [0.2, 0.25) is 0 Å². The van der Waals surface area contributed by atoms with Crippen LogP contribution in [0.5, 0.6) is 0 Å². The number of fused-ring (bicyclic) bond motifs is 1. The van der Waals surface area contributed by atoms with Crippen LogP contribution in [0.4, 0.5) is 4.39 Å². The lowest BCUT2D eigenvalue weighted by Gasteiger charge is -2.28. The zero-order chi connectivity index (χ0) is 27.7. The van der Waals surface area contributed by atoms with E-state index in [0.717, 1.165) is 38.4 Å². The molecule has 1 aromatic carbocycles. The predicted molar refractivity (Wildman–Crippen MR) is 146 cm³/mol. The number of benzene rings is 1. The molecule has 1 N–H and O–H groups in total. The van der Waals surface area contributed by atoms with Crippen molar-refractivity contribution < 1.29 is 28.2 Å². The first kappa shape index (κ1) is 27.9. The number of hydrogen-bond acceptors (Lipinski definition) is 7. The van der Waals surface area contributed by atoms with Gasteiger partial charge in [-0.25, -0.2) is 4.39 Å². The van der Waals surface area contributed by atoms with Crippen molar-refractivity contribution in [2.75, 3.05) is 39.5 Å². The van der Waals surface area contributed by atoms with E-state index in [0.29, 0.717) is 12.0 Å². The van der Waals surface area contributed by atoms with Gasteiger partial charge in [-0.2, -0.15) is 0 Å². The number of carbonyl (C=O) groups is 3. The van der Waals surface area contributed by atoms with Gasteiger partial charge < -0.3 is 19.7 Å². The van der Waals surface area contributed by atoms with Crippen LogP contribution >= 0.6 is 11.3 Å². The summed E-state index contributed by atoms with van der Waals surface area (Å²) in [6, 6.07) is 7.83. The van der Waals surface area contributed by atoms with Gasteiger partial charge in [0.1, 0.15) is 31.0 Å². The molecule has 0 unspecified atom stereocenters. The Morgan fingerprint density at radius 3 is 2.59 bits per heavy atom. The van der Waals surface area contributed by atoms with Crippen LogP contribution in [0.3, 0.4) is 0 Å². The highest BCUT2D eigenvalue weighted by Crippen LogP contribution is 2.34. The molecular weight excluding hydrogens is 521 g/mol. The molecule has 0 aliphatic carbocycles. The summed E-state index contributed by atoms with van der Waals surface area (Å²) in [6.45, 7) is 9.93. The number of aryl methyl sites for hydroxylation is 1. The maximum Gasteiger partial charge on any atom is 0.251 e. The van der Waals surface area contributed by atoms with E-state index in [1.165, 1.54) is 20.2 Å². The van der Waals surface area contributed by atoms with E-state index in [1.54, 1.807) is 23.5 Å². The van der Waals surface area contributed by atoms with E-state index in [4.69, 9.17) is 9.47 Å². The maximum atomic E-state index is 14.5. The fraction of sp³-hybridized carbons (Fsp3) is 0.552. The van der Waals surface area contributed by atoms with E-state index >= 15 is 0 Å². The molecule has 0 spiro atoms. The first-order valence-electron chi connectivity index (χ1n) is 13.6. The zero-order valence-electron chi connectivity index (χ0n) is 22.7. The summed E-state index contributed by atoms with van der Waals surface area (Å²) in [5.41, 5.74) is 2.67. The Bertz CT molecular complexity index is 1210. The molecule has 0 saturated carbocycles. The van der Waals surface area contributed by atoms with Crippen molar-refractivity contribution in [1.82, 2.24) is 15.1 Å². The first-order valence-corrected chi connectivity index (χ1v) is 14.4. The second-order valence-corrected chi connectivity index (χ2v) is 12.2. The van der Waals surface area contributed by atoms with Crippen molar-refractivity contribution in [2.45, 2.75) is 58.1 Å². The Morgan fingerprint density at radius 2 is 1.90 bits per heavy atom. The minimum absolute atomic E-state index is 0.102. The number of likely N-dealkylation sites (tertiary alicyclic amines) is 1. The van der Waals surface area contributed by atoms with Crippen molar-refractivity contribution in [3.05, 3.63) is 46.3 Å². The summed E-state index contributed by atoms with van der Waals surface area (Å²) in [5, 5.41) is 2.85. The number of rotatable bonds is 8. The summed E-state index contributed by atoms with van der Waals surface area (Å²) in [6.07, 6.45) is -1.95. The Labute approximate surface area is 232 Å². The fourth-order valence-electron chi connectivity index (χ4n) is 5.62. The summed E-state index contributed by atoms with van der Waals surface area (Å²) in [7, 11) is 0. The van der Waals surface area contributed by atoms with E-state index in [9.17, 15) is 18.8 Å². The second-order valence-electron chi connectivity index (χ2n) is 11.0. The molecule has 0 bridgehead atoms. The topological polar surface area (TPSA) is 88.2 Å². The molecule has 3 fully saturated rings. The average Bonchev–Trinajstić information content (AvgIpc) is 3.58. The molecule has 4 heterocycles. The molecule has 0 radical (unpaired) electrons. The quantitative estimate of drug-likeness (QED) is 0.537. The predicted octanol–water partition coefficient (Wildman–Crippen LogP) is 3.22. The van der Waals surface area contributed by atoms with Crippen molar-refractivity contribution in [3.8, 4) is 10.4 Å². The van der Waals surface area contributed by atoms with E-state index in [1.807, 2.05) is 26.0 Å². The fourth-order valence-corrected chi connectivity index (χ4v) is 6.84. The highest BCUT2D eigenvalue weighted by Gasteiger charge is 2.53. The number of morpholine rings is 1. The van der Waals surface area contributed by atoms with E-state index in [-0.39, 0.29) is 30.8 Å². The maximum absolute atomic E-state index is 14.5. The molecule has 3 saturated heterocycles. The van der Waals surface area contributed by atoms with Crippen molar-refractivity contribution in [2.24, 2.45) is 5.92 Å². The number of ketones is 1. The van der Waals surface area contributed by atoms with Gasteiger partial charge in [0.2, 0.25) is 5.91 Å². The van der Waals surface area contributed by atoms with E-state index < -0.39 is 30.3 Å². The number of amides is 2. The third kappa shape index (κ3) is 6.09. The molecule has 3 aliphatic rings. The Morgan fingerprint density at radius 1 is 1.18 bits per heavy atom. The van der Waals surface area contributed by atoms with Crippen LogP contribution in [0, 0.1) is 12.8 Å². The van der Waals surface area contributed by atoms with Crippen LogP contribution in [0.15, 0.2) is 30.3 Å². The number of carbonyl (C=O) groups excluding carboxylic acids is 3. The summed E-state index contributed by atoms with van der Waals surface area (Å²) in [4.78, 5) is 45.0. The smallest absolute Gasteiger partial charge is 0.251 e. The van der Waals surface area contributed by atoms with Gasteiger partial charge in [0.05, 0.1) is 19.8 Å². The molecule has 10 heteroatoms. The van der Waals surface area contributed by atoms with Crippen LogP contribution in [-0.4, -0.2) is 91.2 Å². The number of alkyl halides is 1. The normalized spacial score (nSPS) is 24.3. The lowest BCUT2D eigenvalue weighted by atomic mass is 10.0. The molecule has 4 atom stereocenters. The van der Waals surface area contributed by atoms with Gasteiger partial charge in [0.25, 0.3) is 5.91 Å². The minimum Gasteiger partial charge on any atom is -0.379 e. The highest BCUT2D eigenvalue weighted by atomic mass is 32.1. The van der Waals surface area contributed by atoms with Gasteiger partial charge in [-0.15, -0.1) is 11.3 Å². The molecule has 39 heavy (non-hydrogen) atoms. The standard InChI is InChI=1S/C29H36FN3O5S/c1-17(2)12-23(29(36)33-15-22(30)26-25(33)24(34)16-38-26)31-28(35)20-6-4-19(5-7-20)27-18(3)13-21(39-27)14-32-8-10-37-11-9-32/h4-7,13,17,22-23,25-26H,8-12,14-16H2,1-3H3,(H,31,35)/t22-,23-,25+,26+/m0/s1. The number of halogens is 1. The lowest BCUT2D eigenvalue weighted by Crippen LogP contribution is -2.52. The van der Waals surface area contributed by atoms with Gasteiger partial charge in [-0.1, -0.05) is 26.0 Å². The number of nitrogens with one attached hydrogen (secondary N) is 1. The first-order chi connectivity index (χ1) is 18.7. The third-order valence-electron chi connectivity index (χ3n) is 7.58. The van der Waals surface area contributed by atoms with Gasteiger partial charge in [0, 0.05) is 35.0 Å². The van der Waals surface area contributed by atoms with Crippen LogP contribution in [0.1, 0.15) is 41.1 Å². The number of thiophene rings is 1. The molecule has 3 aliphatic heterocycles. The summed E-state index contributed by atoms with van der Waals surface area (Å²) in [5.74, 6) is -1.01. The Hall–Kier alpha value is -2.66. The Kier molecular flexibility index (Phi) is 8.46.